The van der Waals surface area contributed by atoms with Crippen LogP contribution in [0.1, 0.15) is 24.5 Å². The number of alkyl halides is 3. The number of benzene rings is 1. The average Bonchev–Trinajstić information content (AvgIpc) is 2.50. The molecule has 0 saturated carbocycles. The van der Waals surface area contributed by atoms with Crippen LogP contribution in [0.15, 0.2) is 23.8 Å². The van der Waals surface area contributed by atoms with E-state index in [4.69, 9.17) is 44.3 Å². The molecular weight excluding hydrogens is 391 g/mol. The summed E-state index contributed by atoms with van der Waals surface area (Å²) in [7, 11) is 1.57. The van der Waals surface area contributed by atoms with Crippen LogP contribution in [0.5, 0.6) is 11.5 Å². The molecule has 25 heavy (non-hydrogen) atoms. The second kappa shape index (κ2) is 10.00. The van der Waals surface area contributed by atoms with Gasteiger partial charge in [-0.1, -0.05) is 40.4 Å². The van der Waals surface area contributed by atoms with Crippen molar-refractivity contribution in [3.8, 4) is 11.5 Å². The Balaban J connectivity index is 2.48. The van der Waals surface area contributed by atoms with Gasteiger partial charge in [0.05, 0.1) is 7.11 Å². The second-order valence-electron chi connectivity index (χ2n) is 5.48. The SMILES string of the molecule is COc1cc(C)cc(O)c1CC/C(C)=C/COC(=O)OCC(Cl)(Cl)Cl. The normalized spacial score (nSPS) is 12.0. The van der Waals surface area contributed by atoms with E-state index in [1.807, 2.05) is 19.9 Å². The van der Waals surface area contributed by atoms with Gasteiger partial charge in [-0.05, 0) is 50.5 Å². The fourth-order valence-electron chi connectivity index (χ4n) is 2.06. The van der Waals surface area contributed by atoms with Crippen molar-refractivity contribution >= 4 is 41.0 Å². The fourth-order valence-corrected chi connectivity index (χ4v) is 2.22. The molecule has 0 atom stereocenters. The van der Waals surface area contributed by atoms with Crippen molar-refractivity contribution in [1.29, 1.82) is 0 Å². The van der Waals surface area contributed by atoms with E-state index in [0.717, 1.165) is 16.7 Å². The fraction of sp³-hybridized carbons (Fsp3) is 0.471. The summed E-state index contributed by atoms with van der Waals surface area (Å²) in [6.45, 7) is 3.44. The minimum absolute atomic E-state index is 0.0432. The van der Waals surface area contributed by atoms with Crippen LogP contribution in [0.3, 0.4) is 0 Å². The van der Waals surface area contributed by atoms with Crippen molar-refractivity contribution in [2.45, 2.75) is 30.5 Å². The lowest BCUT2D eigenvalue weighted by Crippen LogP contribution is -2.18. The van der Waals surface area contributed by atoms with Gasteiger partial charge < -0.3 is 19.3 Å². The molecule has 0 aliphatic rings. The summed E-state index contributed by atoms with van der Waals surface area (Å²) in [5.41, 5.74) is 2.65. The van der Waals surface area contributed by atoms with Crippen LogP contribution in [-0.2, 0) is 15.9 Å². The van der Waals surface area contributed by atoms with Gasteiger partial charge in [0.2, 0.25) is 3.79 Å². The first-order valence-corrected chi connectivity index (χ1v) is 8.64. The van der Waals surface area contributed by atoms with Crippen molar-refractivity contribution < 1.29 is 24.1 Å². The van der Waals surface area contributed by atoms with Crippen molar-refractivity contribution in [1.82, 2.24) is 0 Å². The first-order chi connectivity index (χ1) is 11.6. The number of carbonyl (C=O) groups is 1. The Bertz CT molecular complexity index is 623. The van der Waals surface area contributed by atoms with Gasteiger partial charge in [0.1, 0.15) is 24.7 Å². The number of rotatable bonds is 7. The predicted molar refractivity (Wildman–Crippen MR) is 99.1 cm³/mol. The molecule has 0 saturated heterocycles. The average molecular weight is 412 g/mol. The molecule has 0 radical (unpaired) electrons. The molecule has 0 unspecified atom stereocenters. The van der Waals surface area contributed by atoms with E-state index < -0.39 is 9.95 Å². The van der Waals surface area contributed by atoms with Crippen molar-refractivity contribution in [2.75, 3.05) is 20.3 Å². The first kappa shape index (κ1) is 21.7. The summed E-state index contributed by atoms with van der Waals surface area (Å²) < 4.78 is 13.1. The lowest BCUT2D eigenvalue weighted by atomic mass is 10.0. The molecular formula is C17H21Cl3O5. The number of aryl methyl sites for hydroxylation is 1. The van der Waals surface area contributed by atoms with Crippen LogP contribution < -0.4 is 4.74 Å². The summed E-state index contributed by atoms with van der Waals surface area (Å²) >= 11 is 16.4. The largest absolute Gasteiger partial charge is 0.508 e. The minimum atomic E-state index is -1.67. The molecule has 1 aromatic rings. The number of phenols is 1. The molecule has 140 valence electrons. The maximum absolute atomic E-state index is 11.3. The van der Waals surface area contributed by atoms with E-state index in [1.165, 1.54) is 0 Å². The van der Waals surface area contributed by atoms with Gasteiger partial charge in [0, 0.05) is 5.56 Å². The Morgan fingerprint density at radius 3 is 2.56 bits per heavy atom. The topological polar surface area (TPSA) is 65.0 Å². The number of allylic oxidation sites excluding steroid dienone is 1. The van der Waals surface area contributed by atoms with Gasteiger partial charge in [0.25, 0.3) is 0 Å². The van der Waals surface area contributed by atoms with E-state index in [9.17, 15) is 9.90 Å². The predicted octanol–water partition coefficient (Wildman–Crippen LogP) is 5.11. The molecule has 0 bridgehead atoms. The standard InChI is InChI=1S/C17H21Cl3O5/c1-11(6-7-24-16(22)25-10-17(18,19)20)4-5-13-14(21)8-12(2)9-15(13)23-3/h6,8-9,21H,4-5,7,10H2,1-3H3/b11-6+. The molecule has 1 N–H and O–H groups in total. The molecule has 0 spiro atoms. The van der Waals surface area contributed by atoms with Gasteiger partial charge in [0.15, 0.2) is 0 Å². The maximum Gasteiger partial charge on any atom is 0.508 e. The maximum atomic E-state index is 11.3. The molecule has 5 nitrogen and oxygen atoms in total. The van der Waals surface area contributed by atoms with Crippen molar-refractivity contribution in [3.63, 3.8) is 0 Å². The molecule has 1 aromatic carbocycles. The molecule has 8 heteroatoms. The Kier molecular flexibility index (Phi) is 8.69. The third-order valence-corrected chi connectivity index (χ3v) is 3.63. The van der Waals surface area contributed by atoms with Gasteiger partial charge in [-0.2, -0.15) is 0 Å². The summed E-state index contributed by atoms with van der Waals surface area (Å²) in [4.78, 5) is 11.3. The molecule has 0 amide bonds. The van der Waals surface area contributed by atoms with E-state index >= 15 is 0 Å². The highest BCUT2D eigenvalue weighted by atomic mass is 35.6. The molecule has 0 aliphatic heterocycles. The summed E-state index contributed by atoms with van der Waals surface area (Å²) in [6, 6.07) is 3.57. The third kappa shape index (κ3) is 8.56. The summed E-state index contributed by atoms with van der Waals surface area (Å²) in [5, 5.41) is 10.1. The van der Waals surface area contributed by atoms with Gasteiger partial charge in [-0.15, -0.1) is 0 Å². The van der Waals surface area contributed by atoms with Crippen LogP contribution in [0.4, 0.5) is 4.79 Å². The molecule has 0 aliphatic carbocycles. The number of hydrogen-bond acceptors (Lipinski definition) is 5. The smallest absolute Gasteiger partial charge is 0.508 e. The van der Waals surface area contributed by atoms with Gasteiger partial charge in [-0.25, -0.2) is 4.79 Å². The number of halogens is 3. The molecule has 0 fully saturated rings. The van der Waals surface area contributed by atoms with Gasteiger partial charge >= 0.3 is 6.16 Å². The minimum Gasteiger partial charge on any atom is -0.508 e. The Morgan fingerprint density at radius 2 is 1.96 bits per heavy atom. The zero-order valence-corrected chi connectivity index (χ0v) is 16.5. The number of aromatic hydroxyl groups is 1. The van der Waals surface area contributed by atoms with Crippen molar-refractivity contribution in [3.05, 3.63) is 34.9 Å². The zero-order valence-electron chi connectivity index (χ0n) is 14.3. The number of carbonyl (C=O) groups excluding carboxylic acids is 1. The second-order valence-corrected chi connectivity index (χ2v) is 8.00. The third-order valence-electron chi connectivity index (χ3n) is 3.31. The quantitative estimate of drug-likeness (QED) is 0.383. The van der Waals surface area contributed by atoms with E-state index in [2.05, 4.69) is 4.74 Å². The van der Waals surface area contributed by atoms with Crippen LogP contribution >= 0.6 is 34.8 Å². The summed E-state index contributed by atoms with van der Waals surface area (Å²) in [6.07, 6.45) is 2.09. The van der Waals surface area contributed by atoms with E-state index in [1.54, 1.807) is 19.3 Å². The highest BCUT2D eigenvalue weighted by Gasteiger charge is 2.22. The Labute approximate surface area is 162 Å². The first-order valence-electron chi connectivity index (χ1n) is 7.50. The molecule has 1 rings (SSSR count). The van der Waals surface area contributed by atoms with Crippen LogP contribution in [0.2, 0.25) is 0 Å². The number of phenolic OH excluding ortho intramolecular Hbond substituents is 1. The van der Waals surface area contributed by atoms with E-state index in [-0.39, 0.29) is 19.0 Å². The lowest BCUT2D eigenvalue weighted by Gasteiger charge is -2.12. The van der Waals surface area contributed by atoms with Crippen molar-refractivity contribution in [2.24, 2.45) is 0 Å². The highest BCUT2D eigenvalue weighted by Crippen LogP contribution is 2.31. The Hall–Kier alpha value is -1.30. The molecule has 0 aromatic heterocycles. The number of ether oxygens (including phenoxy) is 3. The van der Waals surface area contributed by atoms with Gasteiger partial charge in [-0.3, -0.25) is 0 Å². The monoisotopic (exact) mass is 410 g/mol. The highest BCUT2D eigenvalue weighted by molar-refractivity contribution is 6.67. The summed E-state index contributed by atoms with van der Waals surface area (Å²) in [5.74, 6) is 0.855. The van der Waals surface area contributed by atoms with E-state index in [0.29, 0.717) is 18.6 Å². The molecule has 0 heterocycles. The zero-order chi connectivity index (χ0) is 19.0. The van der Waals surface area contributed by atoms with Crippen LogP contribution in [0, 0.1) is 6.92 Å². The number of hydrogen-bond donors (Lipinski definition) is 1. The number of methoxy groups -OCH3 is 1. The Morgan fingerprint density at radius 1 is 1.28 bits per heavy atom. The van der Waals surface area contributed by atoms with Crippen LogP contribution in [0.25, 0.3) is 0 Å². The van der Waals surface area contributed by atoms with Crippen LogP contribution in [-0.4, -0.2) is 35.4 Å². The lowest BCUT2D eigenvalue weighted by molar-refractivity contribution is 0.0645.